The highest BCUT2D eigenvalue weighted by Crippen LogP contribution is 2.23. The smallest absolute Gasteiger partial charge is 0.304 e. The number of hydrogen-bond donors (Lipinski definition) is 2. The predicted molar refractivity (Wildman–Crippen MR) is 51.6 cm³/mol. The molecule has 0 unspecified atom stereocenters. The molecule has 0 bridgehead atoms. The normalized spacial score (nSPS) is 9.85. The summed E-state index contributed by atoms with van der Waals surface area (Å²) in [5, 5.41) is 8.40. The van der Waals surface area contributed by atoms with Gasteiger partial charge in [-0.1, -0.05) is 0 Å². The van der Waals surface area contributed by atoms with Gasteiger partial charge in [-0.15, -0.1) is 11.8 Å². The van der Waals surface area contributed by atoms with E-state index < -0.39 is 5.97 Å². The van der Waals surface area contributed by atoms with Gasteiger partial charge in [0.05, 0.1) is 18.3 Å². The number of pyridine rings is 1. The molecule has 3 N–H and O–H groups in total. The standard InChI is InChI=1S/C8H10N2O2S/c9-6-5-10-3-1-7(6)13-4-2-8(11)12/h1,3,5H,2,4,9H2,(H,11,12). The molecule has 0 saturated carbocycles. The molecule has 1 aromatic heterocycles. The van der Waals surface area contributed by atoms with Crippen molar-refractivity contribution in [2.75, 3.05) is 11.5 Å². The van der Waals surface area contributed by atoms with Crippen LogP contribution < -0.4 is 5.73 Å². The van der Waals surface area contributed by atoms with E-state index in [1.807, 2.05) is 0 Å². The molecule has 1 rings (SSSR count). The van der Waals surface area contributed by atoms with Gasteiger partial charge in [0, 0.05) is 16.8 Å². The molecule has 0 aliphatic rings. The van der Waals surface area contributed by atoms with E-state index >= 15 is 0 Å². The monoisotopic (exact) mass is 198 g/mol. The molecule has 0 spiro atoms. The molecule has 0 fully saturated rings. The van der Waals surface area contributed by atoms with E-state index in [1.54, 1.807) is 18.5 Å². The Balaban J connectivity index is 2.45. The van der Waals surface area contributed by atoms with Crippen molar-refractivity contribution in [1.29, 1.82) is 0 Å². The van der Waals surface area contributed by atoms with Crippen LogP contribution in [-0.2, 0) is 4.79 Å². The van der Waals surface area contributed by atoms with E-state index in [2.05, 4.69) is 4.98 Å². The molecule has 0 aliphatic heterocycles. The minimum atomic E-state index is -0.792. The summed E-state index contributed by atoms with van der Waals surface area (Å²) in [6, 6.07) is 1.78. The molecule has 13 heavy (non-hydrogen) atoms. The summed E-state index contributed by atoms with van der Waals surface area (Å²) < 4.78 is 0. The van der Waals surface area contributed by atoms with Gasteiger partial charge in [-0.05, 0) is 6.07 Å². The Morgan fingerprint density at radius 2 is 2.46 bits per heavy atom. The molecular weight excluding hydrogens is 188 g/mol. The first kappa shape index (κ1) is 9.85. The summed E-state index contributed by atoms with van der Waals surface area (Å²) in [6.45, 7) is 0. The quantitative estimate of drug-likeness (QED) is 0.711. The van der Waals surface area contributed by atoms with Crippen LogP contribution in [-0.4, -0.2) is 21.8 Å². The summed E-state index contributed by atoms with van der Waals surface area (Å²) in [6.07, 6.45) is 3.34. The van der Waals surface area contributed by atoms with Crippen LogP contribution in [0.25, 0.3) is 0 Å². The van der Waals surface area contributed by atoms with Crippen LogP contribution >= 0.6 is 11.8 Å². The van der Waals surface area contributed by atoms with Gasteiger partial charge < -0.3 is 10.8 Å². The molecule has 0 amide bonds. The highest BCUT2D eigenvalue weighted by molar-refractivity contribution is 7.99. The second-order valence-corrected chi connectivity index (χ2v) is 3.54. The van der Waals surface area contributed by atoms with Gasteiger partial charge in [-0.25, -0.2) is 0 Å². The number of thioether (sulfide) groups is 1. The number of carbonyl (C=O) groups is 1. The minimum Gasteiger partial charge on any atom is -0.481 e. The van der Waals surface area contributed by atoms with Crippen molar-refractivity contribution in [3.05, 3.63) is 18.5 Å². The number of nitrogens with zero attached hydrogens (tertiary/aromatic N) is 1. The van der Waals surface area contributed by atoms with Crippen LogP contribution in [0.4, 0.5) is 5.69 Å². The van der Waals surface area contributed by atoms with Gasteiger partial charge in [0.25, 0.3) is 0 Å². The Morgan fingerprint density at radius 3 is 3.08 bits per heavy atom. The average Bonchev–Trinajstić information content (AvgIpc) is 2.08. The van der Waals surface area contributed by atoms with E-state index in [-0.39, 0.29) is 6.42 Å². The lowest BCUT2D eigenvalue weighted by Gasteiger charge is -2.01. The second-order valence-electron chi connectivity index (χ2n) is 2.41. The maximum Gasteiger partial charge on any atom is 0.304 e. The lowest BCUT2D eigenvalue weighted by molar-refractivity contribution is -0.136. The zero-order valence-corrected chi connectivity index (χ0v) is 7.75. The van der Waals surface area contributed by atoms with Gasteiger partial charge in [0.15, 0.2) is 0 Å². The van der Waals surface area contributed by atoms with Crippen LogP contribution in [0.5, 0.6) is 0 Å². The molecule has 0 atom stereocenters. The third-order valence-corrected chi connectivity index (χ3v) is 2.47. The van der Waals surface area contributed by atoms with Crippen LogP contribution in [0.2, 0.25) is 0 Å². The topological polar surface area (TPSA) is 76.2 Å². The number of nitrogens with two attached hydrogens (primary N) is 1. The fourth-order valence-electron chi connectivity index (χ4n) is 0.774. The number of rotatable bonds is 4. The van der Waals surface area contributed by atoms with Gasteiger partial charge >= 0.3 is 5.97 Å². The molecule has 0 saturated heterocycles. The number of hydrogen-bond acceptors (Lipinski definition) is 4. The zero-order chi connectivity index (χ0) is 9.68. The van der Waals surface area contributed by atoms with Gasteiger partial charge in [0.1, 0.15) is 0 Å². The van der Waals surface area contributed by atoms with Gasteiger partial charge in [-0.3, -0.25) is 9.78 Å². The van der Waals surface area contributed by atoms with E-state index in [4.69, 9.17) is 10.8 Å². The molecule has 1 heterocycles. The molecule has 1 aromatic rings. The maximum atomic E-state index is 10.2. The molecule has 0 radical (unpaired) electrons. The lowest BCUT2D eigenvalue weighted by atomic mass is 10.4. The van der Waals surface area contributed by atoms with Crippen molar-refractivity contribution >= 4 is 23.4 Å². The van der Waals surface area contributed by atoms with Gasteiger partial charge in [0.2, 0.25) is 0 Å². The number of anilines is 1. The first-order valence-electron chi connectivity index (χ1n) is 3.74. The van der Waals surface area contributed by atoms with E-state index in [1.165, 1.54) is 11.8 Å². The number of aromatic nitrogens is 1. The van der Waals surface area contributed by atoms with Crippen molar-refractivity contribution in [3.8, 4) is 0 Å². The van der Waals surface area contributed by atoms with Crippen LogP contribution in [0.1, 0.15) is 6.42 Å². The molecule has 0 aliphatic carbocycles. The number of carboxylic acids is 1. The molecule has 4 nitrogen and oxygen atoms in total. The largest absolute Gasteiger partial charge is 0.481 e. The first-order chi connectivity index (χ1) is 6.20. The zero-order valence-electron chi connectivity index (χ0n) is 6.93. The van der Waals surface area contributed by atoms with Crippen LogP contribution in [0.15, 0.2) is 23.4 Å². The minimum absolute atomic E-state index is 0.145. The lowest BCUT2D eigenvalue weighted by Crippen LogP contribution is -1.96. The summed E-state index contributed by atoms with van der Waals surface area (Å²) in [7, 11) is 0. The summed E-state index contributed by atoms with van der Waals surface area (Å²) >= 11 is 1.43. The molecular formula is C8H10N2O2S. The van der Waals surface area contributed by atoms with Crippen molar-refractivity contribution in [2.45, 2.75) is 11.3 Å². The van der Waals surface area contributed by atoms with E-state index in [0.717, 1.165) is 4.90 Å². The van der Waals surface area contributed by atoms with Gasteiger partial charge in [-0.2, -0.15) is 0 Å². The fraction of sp³-hybridized carbons (Fsp3) is 0.250. The summed E-state index contributed by atoms with van der Waals surface area (Å²) in [4.78, 5) is 14.9. The fourth-order valence-corrected chi connectivity index (χ4v) is 1.65. The maximum absolute atomic E-state index is 10.2. The van der Waals surface area contributed by atoms with E-state index in [0.29, 0.717) is 11.4 Å². The second kappa shape index (κ2) is 4.71. The highest BCUT2D eigenvalue weighted by Gasteiger charge is 2.01. The Hall–Kier alpha value is -1.23. The Morgan fingerprint density at radius 1 is 1.69 bits per heavy atom. The van der Waals surface area contributed by atoms with Crippen LogP contribution in [0, 0.1) is 0 Å². The SMILES string of the molecule is Nc1cnccc1SCCC(=O)O. The Kier molecular flexibility index (Phi) is 3.57. The third-order valence-electron chi connectivity index (χ3n) is 1.38. The number of carboxylic acid groups (broad SMARTS) is 1. The Bertz CT molecular complexity index is 304. The van der Waals surface area contributed by atoms with Crippen molar-refractivity contribution in [2.24, 2.45) is 0 Å². The van der Waals surface area contributed by atoms with Crippen LogP contribution in [0.3, 0.4) is 0 Å². The van der Waals surface area contributed by atoms with E-state index in [9.17, 15) is 4.79 Å². The first-order valence-corrected chi connectivity index (χ1v) is 4.73. The average molecular weight is 198 g/mol. The highest BCUT2D eigenvalue weighted by atomic mass is 32.2. The van der Waals surface area contributed by atoms with Crippen molar-refractivity contribution in [3.63, 3.8) is 0 Å². The summed E-state index contributed by atoms with van der Waals surface area (Å²) in [5.74, 6) is -0.260. The summed E-state index contributed by atoms with van der Waals surface area (Å²) in [5.41, 5.74) is 6.20. The molecule has 0 aromatic carbocycles. The molecule has 5 heteroatoms. The predicted octanol–water partition coefficient (Wildman–Crippen LogP) is 1.23. The number of nitrogen functional groups attached to an aromatic ring is 1. The Labute approximate surface area is 80.2 Å². The van der Waals surface area contributed by atoms with Crippen molar-refractivity contribution in [1.82, 2.24) is 4.98 Å². The molecule has 70 valence electrons. The number of aliphatic carboxylic acids is 1. The third kappa shape index (κ3) is 3.33. The van der Waals surface area contributed by atoms with Crippen molar-refractivity contribution < 1.29 is 9.90 Å².